The van der Waals surface area contributed by atoms with Gasteiger partial charge in [-0.1, -0.05) is 6.58 Å². The van der Waals surface area contributed by atoms with Crippen LogP contribution in [0.5, 0.6) is 0 Å². The van der Waals surface area contributed by atoms with Crippen molar-refractivity contribution in [1.82, 2.24) is 5.32 Å². The quantitative estimate of drug-likeness (QED) is 0.332. The highest BCUT2D eigenvalue weighted by molar-refractivity contribution is 5.98. The lowest BCUT2D eigenvalue weighted by atomic mass is 10.1. The highest BCUT2D eigenvalue weighted by Gasteiger charge is 2.12. The fourth-order valence-electron chi connectivity index (χ4n) is 1.50. The van der Waals surface area contributed by atoms with Crippen molar-refractivity contribution in [2.45, 2.75) is 0 Å². The van der Waals surface area contributed by atoms with E-state index in [4.69, 9.17) is 10.2 Å². The molecule has 0 bridgehead atoms. The number of anilines is 1. The molecule has 0 spiro atoms. The van der Waals surface area contributed by atoms with Crippen LogP contribution in [0.4, 0.5) is 10.5 Å². The van der Waals surface area contributed by atoms with Gasteiger partial charge in [-0.25, -0.2) is 19.2 Å². The van der Waals surface area contributed by atoms with Crippen molar-refractivity contribution < 1.29 is 34.1 Å². The molecular formula is C14H14N2O7. The molecule has 0 heterocycles. The first-order valence-corrected chi connectivity index (χ1v) is 6.29. The van der Waals surface area contributed by atoms with Crippen molar-refractivity contribution >= 4 is 29.6 Å². The van der Waals surface area contributed by atoms with E-state index in [0.717, 1.165) is 24.3 Å². The number of carboxylic acids is 2. The third-order valence-electron chi connectivity index (χ3n) is 2.48. The largest absolute Gasteiger partial charge is 0.478 e. The Hall–Kier alpha value is -3.36. The van der Waals surface area contributed by atoms with E-state index in [9.17, 15) is 19.2 Å². The number of hydrogen-bond acceptors (Lipinski definition) is 5. The number of carbonyl (C=O) groups is 4. The SMILES string of the molecule is C=CC(=O)OCCNC(=O)Nc1cc(C(=O)O)cc(C(=O)O)c1. The summed E-state index contributed by atoms with van der Waals surface area (Å²) in [7, 11) is 0. The zero-order valence-electron chi connectivity index (χ0n) is 11.9. The summed E-state index contributed by atoms with van der Waals surface area (Å²) in [5, 5.41) is 22.5. The maximum absolute atomic E-state index is 11.6. The molecule has 0 aliphatic heterocycles. The van der Waals surface area contributed by atoms with Crippen LogP contribution in [0.3, 0.4) is 0 Å². The van der Waals surface area contributed by atoms with Gasteiger partial charge in [0.05, 0.1) is 17.7 Å². The molecule has 0 unspecified atom stereocenters. The Bertz CT molecular complexity index is 622. The standard InChI is InChI=1S/C14H14N2O7/c1-2-11(17)23-4-3-15-14(22)16-10-6-8(12(18)19)5-9(7-10)13(20)21/h2,5-7H,1,3-4H2,(H,18,19)(H,20,21)(H2,15,16,22). The Morgan fingerprint density at radius 1 is 1.09 bits per heavy atom. The minimum absolute atomic E-state index is 0.00267. The Morgan fingerprint density at radius 2 is 1.65 bits per heavy atom. The van der Waals surface area contributed by atoms with Gasteiger partial charge in [0, 0.05) is 11.8 Å². The number of amides is 2. The Balaban J connectivity index is 2.66. The number of carbonyl (C=O) groups excluding carboxylic acids is 2. The van der Waals surface area contributed by atoms with Crippen LogP contribution in [-0.4, -0.2) is 47.3 Å². The van der Waals surface area contributed by atoms with Gasteiger partial charge in [-0.15, -0.1) is 0 Å². The molecule has 1 aromatic rings. The summed E-state index contributed by atoms with van der Waals surface area (Å²) in [6.07, 6.45) is 0.977. The minimum Gasteiger partial charge on any atom is -0.478 e. The maximum atomic E-state index is 11.6. The fraction of sp³-hybridized carbons (Fsp3) is 0.143. The number of nitrogens with one attached hydrogen (secondary N) is 2. The zero-order chi connectivity index (χ0) is 17.4. The van der Waals surface area contributed by atoms with Gasteiger partial charge in [0.2, 0.25) is 0 Å². The van der Waals surface area contributed by atoms with Crippen LogP contribution >= 0.6 is 0 Å². The van der Waals surface area contributed by atoms with Gasteiger partial charge >= 0.3 is 23.9 Å². The number of carboxylic acid groups (broad SMARTS) is 2. The molecule has 0 aliphatic carbocycles. The van der Waals surface area contributed by atoms with Gasteiger partial charge < -0.3 is 25.6 Å². The summed E-state index contributed by atoms with van der Waals surface area (Å²) in [6.45, 7) is 3.14. The summed E-state index contributed by atoms with van der Waals surface area (Å²) in [6, 6.07) is 2.50. The zero-order valence-corrected chi connectivity index (χ0v) is 11.9. The number of ether oxygens (including phenoxy) is 1. The normalized spacial score (nSPS) is 9.57. The summed E-state index contributed by atoms with van der Waals surface area (Å²) < 4.78 is 4.64. The van der Waals surface area contributed by atoms with Crippen molar-refractivity contribution in [2.75, 3.05) is 18.5 Å². The predicted molar refractivity (Wildman–Crippen MR) is 78.5 cm³/mol. The molecule has 23 heavy (non-hydrogen) atoms. The number of esters is 1. The van der Waals surface area contributed by atoms with Gasteiger partial charge in [-0.2, -0.15) is 0 Å². The number of urea groups is 1. The van der Waals surface area contributed by atoms with Crippen molar-refractivity contribution in [3.63, 3.8) is 0 Å². The van der Waals surface area contributed by atoms with E-state index < -0.39 is 23.9 Å². The Kier molecular flexibility index (Phi) is 6.29. The number of hydrogen-bond donors (Lipinski definition) is 4. The van der Waals surface area contributed by atoms with Gasteiger partial charge in [0.1, 0.15) is 6.61 Å². The number of aromatic carboxylic acids is 2. The third-order valence-corrected chi connectivity index (χ3v) is 2.48. The van der Waals surface area contributed by atoms with E-state index in [2.05, 4.69) is 21.9 Å². The molecule has 4 N–H and O–H groups in total. The molecule has 9 nitrogen and oxygen atoms in total. The highest BCUT2D eigenvalue weighted by Crippen LogP contribution is 2.15. The van der Waals surface area contributed by atoms with E-state index in [-0.39, 0.29) is 30.0 Å². The second-order valence-corrected chi connectivity index (χ2v) is 4.16. The molecule has 0 aromatic heterocycles. The molecule has 1 aromatic carbocycles. The van der Waals surface area contributed by atoms with E-state index in [1.807, 2.05) is 0 Å². The summed E-state index contributed by atoms with van der Waals surface area (Å²) in [4.78, 5) is 44.3. The molecule has 0 aliphatic rings. The molecule has 2 amide bonds. The van der Waals surface area contributed by atoms with Crippen LogP contribution in [-0.2, 0) is 9.53 Å². The molecule has 0 radical (unpaired) electrons. The lowest BCUT2D eigenvalue weighted by Crippen LogP contribution is -2.32. The average molecular weight is 322 g/mol. The average Bonchev–Trinajstić information content (AvgIpc) is 2.50. The molecule has 1 rings (SSSR count). The molecular weight excluding hydrogens is 308 g/mol. The molecule has 0 saturated heterocycles. The summed E-state index contributed by atoms with van der Waals surface area (Å²) in [5.41, 5.74) is -0.553. The second kappa shape index (κ2) is 8.17. The van der Waals surface area contributed by atoms with Gasteiger partial charge in [0.15, 0.2) is 0 Å². The number of rotatable bonds is 7. The van der Waals surface area contributed by atoms with Crippen LogP contribution < -0.4 is 10.6 Å². The predicted octanol–water partition coefficient (Wildman–Crippen LogP) is 0.934. The first kappa shape index (κ1) is 17.7. The lowest BCUT2D eigenvalue weighted by Gasteiger charge is -2.09. The fourth-order valence-corrected chi connectivity index (χ4v) is 1.50. The van der Waals surface area contributed by atoms with Crippen LogP contribution in [0.2, 0.25) is 0 Å². The number of benzene rings is 1. The van der Waals surface area contributed by atoms with E-state index in [1.165, 1.54) is 0 Å². The summed E-state index contributed by atoms with van der Waals surface area (Å²) >= 11 is 0. The van der Waals surface area contributed by atoms with Crippen molar-refractivity contribution in [3.8, 4) is 0 Å². The third kappa shape index (κ3) is 5.87. The maximum Gasteiger partial charge on any atom is 0.335 e. The van der Waals surface area contributed by atoms with Crippen LogP contribution in [0.25, 0.3) is 0 Å². The molecule has 0 atom stereocenters. The lowest BCUT2D eigenvalue weighted by molar-refractivity contribution is -0.137. The van der Waals surface area contributed by atoms with E-state index in [1.54, 1.807) is 0 Å². The molecule has 122 valence electrons. The first-order chi connectivity index (χ1) is 10.8. The summed E-state index contributed by atoms with van der Waals surface area (Å²) in [5.74, 6) is -3.28. The topological polar surface area (TPSA) is 142 Å². The second-order valence-electron chi connectivity index (χ2n) is 4.16. The smallest absolute Gasteiger partial charge is 0.335 e. The Labute approximate surface area is 130 Å². The van der Waals surface area contributed by atoms with Crippen LogP contribution in [0.1, 0.15) is 20.7 Å². The van der Waals surface area contributed by atoms with Crippen molar-refractivity contribution in [2.24, 2.45) is 0 Å². The molecule has 9 heteroatoms. The van der Waals surface area contributed by atoms with Crippen molar-refractivity contribution in [3.05, 3.63) is 42.0 Å². The van der Waals surface area contributed by atoms with E-state index >= 15 is 0 Å². The van der Waals surface area contributed by atoms with Gasteiger partial charge in [0.25, 0.3) is 0 Å². The van der Waals surface area contributed by atoms with Crippen LogP contribution in [0, 0.1) is 0 Å². The highest BCUT2D eigenvalue weighted by atomic mass is 16.5. The van der Waals surface area contributed by atoms with E-state index in [0.29, 0.717) is 0 Å². The van der Waals surface area contributed by atoms with Gasteiger partial charge in [-0.3, -0.25) is 0 Å². The molecule has 0 saturated carbocycles. The minimum atomic E-state index is -1.33. The Morgan fingerprint density at radius 3 is 2.13 bits per heavy atom. The van der Waals surface area contributed by atoms with Crippen molar-refractivity contribution in [1.29, 1.82) is 0 Å². The monoisotopic (exact) mass is 322 g/mol. The first-order valence-electron chi connectivity index (χ1n) is 6.29. The van der Waals surface area contributed by atoms with Crippen LogP contribution in [0.15, 0.2) is 30.9 Å². The van der Waals surface area contributed by atoms with Gasteiger partial charge in [-0.05, 0) is 18.2 Å². The molecule has 0 fully saturated rings.